The van der Waals surface area contributed by atoms with Gasteiger partial charge in [0.25, 0.3) is 0 Å². The first-order valence-corrected chi connectivity index (χ1v) is 5.77. The Bertz CT molecular complexity index is 406. The maximum Gasteiger partial charge on any atom is 0.327 e. The summed E-state index contributed by atoms with van der Waals surface area (Å²) in [6.07, 6.45) is 0. The number of carbonyl (C=O) groups is 1. The van der Waals surface area contributed by atoms with Crippen LogP contribution in [0.15, 0.2) is 23.1 Å². The normalized spacial score (nSPS) is 19.9. The lowest BCUT2D eigenvalue weighted by molar-refractivity contribution is -0.138. The van der Waals surface area contributed by atoms with E-state index in [-0.39, 0.29) is 0 Å². The van der Waals surface area contributed by atoms with Crippen LogP contribution in [0.4, 0.5) is 5.69 Å². The number of rotatable bonds is 1. The summed E-state index contributed by atoms with van der Waals surface area (Å²) in [7, 11) is 1.84. The molecule has 0 saturated heterocycles. The van der Waals surface area contributed by atoms with Crippen LogP contribution in [0, 0.1) is 6.92 Å². The molecule has 1 atom stereocenters. The van der Waals surface area contributed by atoms with Crippen molar-refractivity contribution in [1.29, 1.82) is 0 Å². The van der Waals surface area contributed by atoms with Crippen molar-refractivity contribution >= 4 is 23.4 Å². The maximum atomic E-state index is 11.0. The number of thioether (sulfide) groups is 1. The van der Waals surface area contributed by atoms with Gasteiger partial charge in [0.2, 0.25) is 0 Å². The number of nitrogens with zero attached hydrogens (tertiary/aromatic N) is 1. The number of anilines is 1. The summed E-state index contributed by atoms with van der Waals surface area (Å²) in [5.74, 6) is -0.140. The van der Waals surface area contributed by atoms with Crippen LogP contribution >= 0.6 is 11.8 Å². The van der Waals surface area contributed by atoms with Crippen LogP contribution in [-0.4, -0.2) is 29.9 Å². The average molecular weight is 223 g/mol. The van der Waals surface area contributed by atoms with E-state index >= 15 is 0 Å². The maximum absolute atomic E-state index is 11.0. The largest absolute Gasteiger partial charge is 0.480 e. The molecule has 0 saturated carbocycles. The van der Waals surface area contributed by atoms with Gasteiger partial charge in [-0.3, -0.25) is 0 Å². The molecule has 1 aliphatic rings. The zero-order valence-corrected chi connectivity index (χ0v) is 9.54. The van der Waals surface area contributed by atoms with E-state index in [4.69, 9.17) is 5.11 Å². The van der Waals surface area contributed by atoms with Gasteiger partial charge in [0, 0.05) is 17.7 Å². The number of benzene rings is 1. The predicted octanol–water partition coefficient (Wildman–Crippen LogP) is 1.99. The first-order chi connectivity index (χ1) is 7.09. The van der Waals surface area contributed by atoms with Gasteiger partial charge in [-0.1, -0.05) is 6.07 Å². The lowest BCUT2D eigenvalue weighted by atomic mass is 10.2. The highest BCUT2D eigenvalue weighted by molar-refractivity contribution is 7.99. The minimum Gasteiger partial charge on any atom is -0.480 e. The van der Waals surface area contributed by atoms with E-state index < -0.39 is 12.0 Å². The molecule has 0 spiro atoms. The number of hydrogen-bond acceptors (Lipinski definition) is 3. The second-order valence-electron chi connectivity index (χ2n) is 3.75. The topological polar surface area (TPSA) is 40.5 Å². The van der Waals surface area contributed by atoms with Gasteiger partial charge in [-0.05, 0) is 24.6 Å². The summed E-state index contributed by atoms with van der Waals surface area (Å²) >= 11 is 1.62. The Kier molecular flexibility index (Phi) is 2.61. The fourth-order valence-corrected chi connectivity index (χ4v) is 3.05. The molecule has 1 N–H and O–H groups in total. The zero-order chi connectivity index (χ0) is 11.0. The van der Waals surface area contributed by atoms with E-state index in [1.54, 1.807) is 11.8 Å². The highest BCUT2D eigenvalue weighted by Gasteiger charge is 2.29. The molecule has 0 radical (unpaired) electrons. The minimum atomic E-state index is -0.753. The number of aliphatic carboxylic acids is 1. The number of likely N-dealkylation sites (N-methyl/N-ethyl adjacent to an activating group) is 1. The molecule has 1 heterocycles. The molecule has 1 aromatic carbocycles. The van der Waals surface area contributed by atoms with Crippen molar-refractivity contribution in [3.05, 3.63) is 23.8 Å². The van der Waals surface area contributed by atoms with Crippen molar-refractivity contribution in [2.45, 2.75) is 17.9 Å². The van der Waals surface area contributed by atoms with Crippen molar-refractivity contribution in [1.82, 2.24) is 0 Å². The van der Waals surface area contributed by atoms with Crippen molar-refractivity contribution in [3.63, 3.8) is 0 Å². The summed E-state index contributed by atoms with van der Waals surface area (Å²) in [5.41, 5.74) is 2.23. The Morgan fingerprint density at radius 3 is 3.00 bits per heavy atom. The van der Waals surface area contributed by atoms with Crippen molar-refractivity contribution < 1.29 is 9.90 Å². The summed E-state index contributed by atoms with van der Waals surface area (Å²) in [6, 6.07) is 5.70. The standard InChI is InChI=1S/C11H13NO2S/c1-7-3-4-8-10(5-7)15-6-9(11(13)14)12(8)2/h3-5,9H,6H2,1-2H3,(H,13,14). The monoisotopic (exact) mass is 223 g/mol. The second kappa shape index (κ2) is 3.77. The van der Waals surface area contributed by atoms with Crippen LogP contribution in [-0.2, 0) is 4.79 Å². The summed E-state index contributed by atoms with van der Waals surface area (Å²) < 4.78 is 0. The van der Waals surface area contributed by atoms with Crippen molar-refractivity contribution in [2.24, 2.45) is 0 Å². The SMILES string of the molecule is Cc1ccc2c(c1)SCC(C(=O)O)N2C. The van der Waals surface area contributed by atoms with Gasteiger partial charge in [-0.2, -0.15) is 0 Å². The average Bonchev–Trinajstić information content (AvgIpc) is 2.17. The number of fused-ring (bicyclic) bond motifs is 1. The zero-order valence-electron chi connectivity index (χ0n) is 8.73. The van der Waals surface area contributed by atoms with Gasteiger partial charge in [-0.15, -0.1) is 11.8 Å². The highest BCUT2D eigenvalue weighted by Crippen LogP contribution is 2.37. The molecule has 0 aromatic heterocycles. The molecule has 0 fully saturated rings. The van der Waals surface area contributed by atoms with E-state index in [1.807, 2.05) is 31.0 Å². The van der Waals surface area contributed by atoms with Crippen LogP contribution in [0.1, 0.15) is 5.56 Å². The lowest BCUT2D eigenvalue weighted by Crippen LogP contribution is -2.42. The van der Waals surface area contributed by atoms with Crippen LogP contribution in [0.3, 0.4) is 0 Å². The van der Waals surface area contributed by atoms with Gasteiger partial charge in [-0.25, -0.2) is 4.79 Å². The fourth-order valence-electron chi connectivity index (χ4n) is 1.71. The highest BCUT2D eigenvalue weighted by atomic mass is 32.2. The van der Waals surface area contributed by atoms with E-state index in [0.29, 0.717) is 5.75 Å². The van der Waals surface area contributed by atoms with E-state index in [1.165, 1.54) is 10.5 Å². The smallest absolute Gasteiger partial charge is 0.327 e. The molecule has 80 valence electrons. The van der Waals surface area contributed by atoms with Gasteiger partial charge >= 0.3 is 5.97 Å². The molecular weight excluding hydrogens is 210 g/mol. The Labute approximate surface area is 93.1 Å². The Balaban J connectivity index is 2.38. The van der Waals surface area contributed by atoms with E-state index in [0.717, 1.165) is 5.69 Å². The third-order valence-electron chi connectivity index (χ3n) is 2.64. The number of carboxylic acid groups (broad SMARTS) is 1. The van der Waals surface area contributed by atoms with E-state index in [2.05, 4.69) is 6.07 Å². The molecule has 15 heavy (non-hydrogen) atoms. The first-order valence-electron chi connectivity index (χ1n) is 4.78. The Morgan fingerprint density at radius 1 is 1.60 bits per heavy atom. The summed E-state index contributed by atoms with van der Waals surface area (Å²) in [4.78, 5) is 14.0. The predicted molar refractivity (Wildman–Crippen MR) is 61.7 cm³/mol. The molecule has 2 rings (SSSR count). The van der Waals surface area contributed by atoms with Crippen molar-refractivity contribution in [2.75, 3.05) is 17.7 Å². The molecule has 4 heteroatoms. The van der Waals surface area contributed by atoms with Gasteiger partial charge in [0.05, 0.1) is 5.69 Å². The van der Waals surface area contributed by atoms with Crippen LogP contribution in [0.2, 0.25) is 0 Å². The third kappa shape index (κ3) is 1.81. The molecule has 1 aliphatic heterocycles. The number of carboxylic acids is 1. The van der Waals surface area contributed by atoms with Gasteiger partial charge in [0.1, 0.15) is 6.04 Å². The van der Waals surface area contributed by atoms with Crippen LogP contribution < -0.4 is 4.90 Å². The quantitative estimate of drug-likeness (QED) is 0.790. The molecule has 1 aromatic rings. The molecule has 0 amide bonds. The third-order valence-corrected chi connectivity index (χ3v) is 3.76. The summed E-state index contributed by atoms with van der Waals surface area (Å²) in [6.45, 7) is 2.05. The Hall–Kier alpha value is -1.16. The molecule has 1 unspecified atom stereocenters. The number of hydrogen-bond donors (Lipinski definition) is 1. The molecule has 0 bridgehead atoms. The Morgan fingerprint density at radius 2 is 2.33 bits per heavy atom. The van der Waals surface area contributed by atoms with Gasteiger partial charge < -0.3 is 10.0 Å². The number of aryl methyl sites for hydroxylation is 1. The fraction of sp³-hybridized carbons (Fsp3) is 0.364. The minimum absolute atomic E-state index is 0.412. The second-order valence-corrected chi connectivity index (χ2v) is 4.81. The van der Waals surface area contributed by atoms with Crippen molar-refractivity contribution in [3.8, 4) is 0 Å². The van der Waals surface area contributed by atoms with E-state index in [9.17, 15) is 4.79 Å². The first kappa shape index (κ1) is 10.4. The van der Waals surface area contributed by atoms with Gasteiger partial charge in [0.15, 0.2) is 0 Å². The molecule has 0 aliphatic carbocycles. The van der Waals surface area contributed by atoms with Crippen LogP contribution in [0.25, 0.3) is 0 Å². The van der Waals surface area contributed by atoms with Crippen LogP contribution in [0.5, 0.6) is 0 Å². The molecule has 3 nitrogen and oxygen atoms in total. The lowest BCUT2D eigenvalue weighted by Gasteiger charge is -2.32. The summed E-state index contributed by atoms with van der Waals surface area (Å²) in [5, 5.41) is 9.03. The molecular formula is C11H13NO2S.